The summed E-state index contributed by atoms with van der Waals surface area (Å²) in [4.78, 5) is 29.0. The van der Waals surface area contributed by atoms with Gasteiger partial charge in [0.25, 0.3) is 5.91 Å². The van der Waals surface area contributed by atoms with Crippen molar-refractivity contribution < 1.29 is 14.4 Å². The van der Waals surface area contributed by atoms with E-state index in [1.807, 2.05) is 0 Å². The SMILES string of the molecule is C.C#CCN(CC(=O)NOC(C)(C)C)C(=O)CCl. The summed E-state index contributed by atoms with van der Waals surface area (Å²) in [5, 5.41) is 0. The molecule has 6 heteroatoms. The fourth-order valence-corrected chi connectivity index (χ4v) is 1.01. The van der Waals surface area contributed by atoms with Crippen LogP contribution in [0.15, 0.2) is 0 Å². The zero-order valence-corrected chi connectivity index (χ0v) is 11.0. The standard InChI is InChI=1S/C11H17ClN2O3.CH4/c1-5-6-14(10(16)7-12)8-9(15)13-17-11(2,3)4;/h1H,6-8H2,2-4H3,(H,13,15);1H4. The average Bonchev–Trinajstić information content (AvgIpc) is 2.24. The third-order valence-electron chi connectivity index (χ3n) is 1.55. The van der Waals surface area contributed by atoms with E-state index in [4.69, 9.17) is 22.9 Å². The van der Waals surface area contributed by atoms with E-state index >= 15 is 0 Å². The van der Waals surface area contributed by atoms with Gasteiger partial charge in [0.05, 0.1) is 12.1 Å². The Hall–Kier alpha value is -1.25. The van der Waals surface area contributed by atoms with Gasteiger partial charge in [0, 0.05) is 0 Å². The monoisotopic (exact) mass is 276 g/mol. The van der Waals surface area contributed by atoms with Crippen LogP contribution >= 0.6 is 11.6 Å². The van der Waals surface area contributed by atoms with Crippen LogP contribution in [-0.4, -0.2) is 41.3 Å². The predicted octanol–water partition coefficient (Wildman–Crippen LogP) is 1.17. The maximum atomic E-state index is 11.5. The molecule has 0 unspecified atom stereocenters. The summed E-state index contributed by atoms with van der Waals surface area (Å²) in [5.41, 5.74) is 1.75. The van der Waals surface area contributed by atoms with Crippen molar-refractivity contribution in [1.29, 1.82) is 0 Å². The summed E-state index contributed by atoms with van der Waals surface area (Å²) in [6.07, 6.45) is 5.09. The Kier molecular flexibility index (Phi) is 9.32. The van der Waals surface area contributed by atoms with Crippen molar-refractivity contribution in [3.63, 3.8) is 0 Å². The normalized spacial score (nSPS) is 9.94. The minimum atomic E-state index is -0.497. The summed E-state index contributed by atoms with van der Waals surface area (Å²) in [5.74, 6) is 1.23. The average molecular weight is 277 g/mol. The number of hydrogen-bond acceptors (Lipinski definition) is 3. The molecule has 0 radical (unpaired) electrons. The minimum absolute atomic E-state index is 0. The molecule has 0 saturated carbocycles. The van der Waals surface area contributed by atoms with Gasteiger partial charge in [-0.1, -0.05) is 13.3 Å². The van der Waals surface area contributed by atoms with Crippen molar-refractivity contribution in [2.45, 2.75) is 33.8 Å². The van der Waals surface area contributed by atoms with Crippen LogP contribution in [-0.2, 0) is 14.4 Å². The van der Waals surface area contributed by atoms with Crippen LogP contribution in [0.4, 0.5) is 0 Å². The quantitative estimate of drug-likeness (QED) is 0.466. The molecule has 0 fully saturated rings. The van der Waals surface area contributed by atoms with Crippen LogP contribution in [0, 0.1) is 12.3 Å². The van der Waals surface area contributed by atoms with Crippen LogP contribution in [0.25, 0.3) is 0 Å². The Bertz CT molecular complexity index is 318. The van der Waals surface area contributed by atoms with Gasteiger partial charge in [-0.15, -0.1) is 18.0 Å². The van der Waals surface area contributed by atoms with Gasteiger partial charge in [0.1, 0.15) is 12.4 Å². The van der Waals surface area contributed by atoms with Gasteiger partial charge in [-0.25, -0.2) is 5.48 Å². The Morgan fingerprint density at radius 3 is 2.39 bits per heavy atom. The van der Waals surface area contributed by atoms with E-state index in [2.05, 4.69) is 11.4 Å². The highest BCUT2D eigenvalue weighted by Gasteiger charge is 2.17. The largest absolute Gasteiger partial charge is 0.321 e. The Labute approximate surface area is 114 Å². The molecule has 0 rings (SSSR count). The van der Waals surface area contributed by atoms with Crippen LogP contribution in [0.1, 0.15) is 28.2 Å². The van der Waals surface area contributed by atoms with Gasteiger partial charge in [-0.05, 0) is 20.8 Å². The molecule has 0 aromatic carbocycles. The van der Waals surface area contributed by atoms with E-state index in [0.717, 1.165) is 0 Å². The molecular formula is C12H21ClN2O3. The maximum Gasteiger partial charge on any atom is 0.263 e. The fraction of sp³-hybridized carbons (Fsp3) is 0.667. The summed E-state index contributed by atoms with van der Waals surface area (Å²) in [6, 6.07) is 0. The molecule has 0 aromatic heterocycles. The number of amides is 2. The fourth-order valence-electron chi connectivity index (χ4n) is 0.843. The number of nitrogens with zero attached hydrogens (tertiary/aromatic N) is 1. The molecule has 0 bridgehead atoms. The number of halogens is 1. The number of hydroxylamine groups is 1. The topological polar surface area (TPSA) is 58.6 Å². The lowest BCUT2D eigenvalue weighted by Gasteiger charge is -2.22. The van der Waals surface area contributed by atoms with Crippen molar-refractivity contribution in [3.05, 3.63) is 0 Å². The second-order valence-corrected chi connectivity index (χ2v) is 4.59. The highest BCUT2D eigenvalue weighted by Crippen LogP contribution is 2.03. The first-order valence-corrected chi connectivity index (χ1v) is 5.57. The molecular weight excluding hydrogens is 256 g/mol. The van der Waals surface area contributed by atoms with Crippen LogP contribution < -0.4 is 5.48 Å². The zero-order valence-electron chi connectivity index (χ0n) is 10.2. The van der Waals surface area contributed by atoms with Gasteiger partial charge >= 0.3 is 0 Å². The van der Waals surface area contributed by atoms with Gasteiger partial charge in [-0.3, -0.25) is 14.4 Å². The molecule has 104 valence electrons. The molecule has 0 aromatic rings. The van der Waals surface area contributed by atoms with Crippen LogP contribution in [0.3, 0.4) is 0 Å². The number of carbonyl (C=O) groups is 2. The third-order valence-corrected chi connectivity index (χ3v) is 1.78. The number of carbonyl (C=O) groups excluding carboxylic acids is 2. The first kappa shape index (κ1) is 19.1. The summed E-state index contributed by atoms with van der Waals surface area (Å²) in [6.45, 7) is 5.23. The number of nitrogens with one attached hydrogen (secondary N) is 1. The molecule has 2 amide bonds. The van der Waals surface area contributed by atoms with Crippen LogP contribution in [0.2, 0.25) is 0 Å². The first-order valence-electron chi connectivity index (χ1n) is 5.04. The highest BCUT2D eigenvalue weighted by molar-refractivity contribution is 6.27. The minimum Gasteiger partial charge on any atom is -0.321 e. The maximum absolute atomic E-state index is 11.5. The number of hydrogen-bond donors (Lipinski definition) is 1. The molecule has 0 aliphatic heterocycles. The lowest BCUT2D eigenvalue weighted by molar-refractivity contribution is -0.149. The van der Waals surface area contributed by atoms with Gasteiger partial charge in [0.15, 0.2) is 0 Å². The van der Waals surface area contributed by atoms with Gasteiger partial charge in [-0.2, -0.15) is 0 Å². The third kappa shape index (κ3) is 8.85. The number of terminal acetylenes is 1. The van der Waals surface area contributed by atoms with E-state index in [0.29, 0.717) is 0 Å². The van der Waals surface area contributed by atoms with Crippen molar-refractivity contribution in [1.82, 2.24) is 10.4 Å². The summed E-state index contributed by atoms with van der Waals surface area (Å²) in [7, 11) is 0. The van der Waals surface area contributed by atoms with Crippen molar-refractivity contribution in [2.24, 2.45) is 0 Å². The van der Waals surface area contributed by atoms with Crippen molar-refractivity contribution in [3.8, 4) is 12.3 Å². The molecule has 0 aliphatic rings. The van der Waals surface area contributed by atoms with Crippen molar-refractivity contribution in [2.75, 3.05) is 19.0 Å². The van der Waals surface area contributed by atoms with E-state index in [-0.39, 0.29) is 26.4 Å². The van der Waals surface area contributed by atoms with E-state index in [9.17, 15) is 9.59 Å². The molecule has 18 heavy (non-hydrogen) atoms. The van der Waals surface area contributed by atoms with Crippen LogP contribution in [0.5, 0.6) is 0 Å². The Morgan fingerprint density at radius 1 is 1.44 bits per heavy atom. The van der Waals surface area contributed by atoms with E-state index < -0.39 is 17.4 Å². The molecule has 1 N–H and O–H groups in total. The van der Waals surface area contributed by atoms with Crippen molar-refractivity contribution >= 4 is 23.4 Å². The second kappa shape index (κ2) is 8.78. The molecule has 0 spiro atoms. The lowest BCUT2D eigenvalue weighted by Crippen LogP contribution is -2.43. The number of alkyl halides is 1. The molecule has 0 heterocycles. The van der Waals surface area contributed by atoms with Gasteiger partial charge < -0.3 is 4.90 Å². The van der Waals surface area contributed by atoms with E-state index in [1.165, 1.54) is 4.90 Å². The number of rotatable bonds is 5. The molecule has 5 nitrogen and oxygen atoms in total. The molecule has 0 aliphatic carbocycles. The van der Waals surface area contributed by atoms with Gasteiger partial charge in [0.2, 0.25) is 5.91 Å². The smallest absolute Gasteiger partial charge is 0.263 e. The first-order chi connectivity index (χ1) is 7.80. The second-order valence-electron chi connectivity index (χ2n) is 4.33. The summed E-state index contributed by atoms with van der Waals surface area (Å²) >= 11 is 5.39. The lowest BCUT2D eigenvalue weighted by atomic mass is 10.2. The highest BCUT2D eigenvalue weighted by atomic mass is 35.5. The Balaban J connectivity index is 0. The molecule has 0 saturated heterocycles. The predicted molar refractivity (Wildman–Crippen MR) is 71.8 cm³/mol. The zero-order chi connectivity index (χ0) is 13.5. The summed E-state index contributed by atoms with van der Waals surface area (Å²) < 4.78 is 0. The Morgan fingerprint density at radius 2 is 2.00 bits per heavy atom. The van der Waals surface area contributed by atoms with E-state index in [1.54, 1.807) is 20.8 Å². The molecule has 0 atom stereocenters.